The van der Waals surface area contributed by atoms with Gasteiger partial charge in [0.2, 0.25) is 0 Å². The van der Waals surface area contributed by atoms with Gasteiger partial charge in [-0.15, -0.1) is 0 Å². The molecular weight excluding hydrogens is 170 g/mol. The maximum atomic E-state index is 2.53. The average Bonchev–Trinajstić information content (AvgIpc) is 2.38. The van der Waals surface area contributed by atoms with Gasteiger partial charge in [0.1, 0.15) is 0 Å². The number of nitrogens with zero attached hydrogens (tertiary/aromatic N) is 1. The van der Waals surface area contributed by atoms with E-state index in [4.69, 9.17) is 0 Å². The lowest BCUT2D eigenvalue weighted by Gasteiger charge is -2.38. The van der Waals surface area contributed by atoms with E-state index in [1.54, 1.807) is 0 Å². The number of anilines is 1. The highest BCUT2D eigenvalue weighted by molar-refractivity contribution is 5.60. The second-order valence-corrected chi connectivity index (χ2v) is 5.22. The molecule has 0 N–H and O–H groups in total. The molecule has 0 spiro atoms. The zero-order chi connectivity index (χ0) is 10.3. The van der Waals surface area contributed by atoms with Gasteiger partial charge in [-0.05, 0) is 45.7 Å². The predicted molar refractivity (Wildman–Crippen MR) is 61.8 cm³/mol. The second kappa shape index (κ2) is 3.01. The quantitative estimate of drug-likeness (QED) is 0.605. The van der Waals surface area contributed by atoms with Gasteiger partial charge in [-0.1, -0.05) is 18.2 Å². The summed E-state index contributed by atoms with van der Waals surface area (Å²) in [6, 6.07) is 9.39. The van der Waals surface area contributed by atoms with Crippen molar-refractivity contribution in [2.75, 3.05) is 4.90 Å². The van der Waals surface area contributed by atoms with Gasteiger partial charge >= 0.3 is 0 Å². The van der Waals surface area contributed by atoms with Crippen LogP contribution in [0.1, 0.15) is 33.3 Å². The first-order chi connectivity index (χ1) is 6.50. The summed E-state index contributed by atoms with van der Waals surface area (Å²) in [4.78, 5) is 2.53. The van der Waals surface area contributed by atoms with Crippen molar-refractivity contribution < 1.29 is 0 Å². The molecule has 1 aromatic carbocycles. The minimum atomic E-state index is 0.228. The smallest absolute Gasteiger partial charge is 0.0406 e. The van der Waals surface area contributed by atoms with Crippen LogP contribution in [-0.2, 0) is 6.42 Å². The molecule has 1 heteroatoms. The summed E-state index contributed by atoms with van der Waals surface area (Å²) in [5.74, 6) is 0. The minimum absolute atomic E-state index is 0.228. The Kier molecular flexibility index (Phi) is 2.06. The summed E-state index contributed by atoms with van der Waals surface area (Å²) in [6.07, 6.45) is 1.19. The van der Waals surface area contributed by atoms with E-state index in [0.29, 0.717) is 6.04 Å². The highest BCUT2D eigenvalue weighted by atomic mass is 15.2. The van der Waals surface area contributed by atoms with Crippen LogP contribution in [0.3, 0.4) is 0 Å². The Labute approximate surface area is 86.7 Å². The van der Waals surface area contributed by atoms with E-state index in [1.807, 2.05) is 0 Å². The molecular formula is C13H19N. The van der Waals surface area contributed by atoms with Crippen LogP contribution in [0, 0.1) is 0 Å². The first-order valence-corrected chi connectivity index (χ1v) is 5.37. The van der Waals surface area contributed by atoms with Crippen molar-refractivity contribution in [3.63, 3.8) is 0 Å². The van der Waals surface area contributed by atoms with Crippen LogP contribution in [0.15, 0.2) is 24.3 Å². The number of rotatable bonds is 0. The number of benzene rings is 1. The molecule has 1 aromatic rings. The van der Waals surface area contributed by atoms with Crippen LogP contribution in [0.2, 0.25) is 0 Å². The van der Waals surface area contributed by atoms with E-state index in [-0.39, 0.29) is 5.54 Å². The van der Waals surface area contributed by atoms with Gasteiger partial charge in [0.15, 0.2) is 0 Å². The van der Waals surface area contributed by atoms with Crippen molar-refractivity contribution in [3.05, 3.63) is 29.8 Å². The highest BCUT2D eigenvalue weighted by Gasteiger charge is 2.32. The number of para-hydroxylation sites is 1. The molecule has 0 amide bonds. The second-order valence-electron chi connectivity index (χ2n) is 5.22. The van der Waals surface area contributed by atoms with E-state index in [9.17, 15) is 0 Å². The van der Waals surface area contributed by atoms with E-state index in [1.165, 1.54) is 17.7 Å². The third-order valence-corrected chi connectivity index (χ3v) is 2.93. The third kappa shape index (κ3) is 1.41. The van der Waals surface area contributed by atoms with Crippen molar-refractivity contribution >= 4 is 5.69 Å². The highest BCUT2D eigenvalue weighted by Crippen LogP contribution is 2.36. The van der Waals surface area contributed by atoms with Gasteiger partial charge < -0.3 is 4.90 Å². The molecule has 1 atom stereocenters. The molecule has 0 saturated heterocycles. The van der Waals surface area contributed by atoms with Crippen molar-refractivity contribution in [2.45, 2.75) is 45.7 Å². The first kappa shape index (κ1) is 9.57. The van der Waals surface area contributed by atoms with Gasteiger partial charge in [0, 0.05) is 17.3 Å². The largest absolute Gasteiger partial charge is 0.363 e. The Hall–Kier alpha value is -0.980. The zero-order valence-electron chi connectivity index (χ0n) is 9.54. The van der Waals surface area contributed by atoms with Gasteiger partial charge in [0.05, 0.1) is 0 Å². The van der Waals surface area contributed by atoms with E-state index in [0.717, 1.165) is 0 Å². The summed E-state index contributed by atoms with van der Waals surface area (Å²) < 4.78 is 0. The van der Waals surface area contributed by atoms with Gasteiger partial charge in [-0.3, -0.25) is 0 Å². The Balaban J connectivity index is 2.45. The van der Waals surface area contributed by atoms with Gasteiger partial charge in [-0.2, -0.15) is 0 Å². The summed E-state index contributed by atoms with van der Waals surface area (Å²) in [5.41, 5.74) is 3.15. The molecule has 0 fully saturated rings. The third-order valence-electron chi connectivity index (χ3n) is 2.93. The number of fused-ring (bicyclic) bond motifs is 1. The van der Waals surface area contributed by atoms with Crippen LogP contribution in [-0.4, -0.2) is 11.6 Å². The van der Waals surface area contributed by atoms with Gasteiger partial charge in [0.25, 0.3) is 0 Å². The van der Waals surface area contributed by atoms with Crippen LogP contribution in [0.4, 0.5) is 5.69 Å². The molecule has 0 bridgehead atoms. The lowest BCUT2D eigenvalue weighted by Crippen LogP contribution is -2.45. The topological polar surface area (TPSA) is 3.24 Å². The predicted octanol–water partition coefficient (Wildman–Crippen LogP) is 3.24. The molecule has 0 aromatic heterocycles. The zero-order valence-corrected chi connectivity index (χ0v) is 9.54. The Morgan fingerprint density at radius 3 is 2.50 bits per heavy atom. The molecule has 1 aliphatic rings. The molecule has 0 aliphatic carbocycles. The van der Waals surface area contributed by atoms with E-state index in [2.05, 4.69) is 56.9 Å². The summed E-state index contributed by atoms with van der Waals surface area (Å²) >= 11 is 0. The lowest BCUT2D eigenvalue weighted by atomic mass is 10.0. The minimum Gasteiger partial charge on any atom is -0.363 e. The van der Waals surface area contributed by atoms with E-state index >= 15 is 0 Å². The van der Waals surface area contributed by atoms with Crippen molar-refractivity contribution in [1.82, 2.24) is 0 Å². The molecule has 76 valence electrons. The van der Waals surface area contributed by atoms with Crippen molar-refractivity contribution in [3.8, 4) is 0 Å². The molecule has 0 radical (unpaired) electrons. The normalized spacial score (nSPS) is 21.1. The molecule has 2 rings (SSSR count). The molecule has 0 unspecified atom stereocenters. The van der Waals surface area contributed by atoms with Crippen molar-refractivity contribution in [1.29, 1.82) is 0 Å². The van der Waals surface area contributed by atoms with Crippen LogP contribution in [0.5, 0.6) is 0 Å². The SMILES string of the molecule is C[C@H]1Cc2ccccc2N1C(C)(C)C. The van der Waals surface area contributed by atoms with Crippen LogP contribution >= 0.6 is 0 Å². The standard InChI is InChI=1S/C13H19N/c1-10-9-11-7-5-6-8-12(11)14(10)13(2,3)4/h5-8,10H,9H2,1-4H3/t10-/m0/s1. The molecule has 0 saturated carbocycles. The fourth-order valence-electron chi connectivity index (χ4n) is 2.59. The molecule has 14 heavy (non-hydrogen) atoms. The first-order valence-electron chi connectivity index (χ1n) is 5.37. The summed E-state index contributed by atoms with van der Waals surface area (Å²) in [7, 11) is 0. The summed E-state index contributed by atoms with van der Waals surface area (Å²) in [5, 5.41) is 0. The molecule has 1 heterocycles. The fourth-order valence-corrected chi connectivity index (χ4v) is 2.59. The number of hydrogen-bond donors (Lipinski definition) is 0. The Morgan fingerprint density at radius 2 is 1.86 bits per heavy atom. The van der Waals surface area contributed by atoms with Crippen molar-refractivity contribution in [2.24, 2.45) is 0 Å². The lowest BCUT2D eigenvalue weighted by molar-refractivity contribution is 0.468. The van der Waals surface area contributed by atoms with Crippen LogP contribution < -0.4 is 4.90 Å². The summed E-state index contributed by atoms with van der Waals surface area (Å²) in [6.45, 7) is 9.16. The maximum absolute atomic E-state index is 2.53. The maximum Gasteiger partial charge on any atom is 0.0406 e. The monoisotopic (exact) mass is 189 g/mol. The number of hydrogen-bond acceptors (Lipinski definition) is 1. The Morgan fingerprint density at radius 1 is 1.21 bits per heavy atom. The molecule has 1 aliphatic heterocycles. The van der Waals surface area contributed by atoms with Crippen LogP contribution in [0.25, 0.3) is 0 Å². The van der Waals surface area contributed by atoms with E-state index < -0.39 is 0 Å². The molecule has 1 nitrogen and oxygen atoms in total. The average molecular weight is 189 g/mol. The Bertz CT molecular complexity index is 335. The fraction of sp³-hybridized carbons (Fsp3) is 0.538. The van der Waals surface area contributed by atoms with Gasteiger partial charge in [-0.25, -0.2) is 0 Å².